The van der Waals surface area contributed by atoms with Gasteiger partial charge in [-0.05, 0) is 16.7 Å². The summed E-state index contributed by atoms with van der Waals surface area (Å²) in [6, 6.07) is 16.9. The van der Waals surface area contributed by atoms with E-state index < -0.39 is 10.1 Å². The molecule has 3 rings (SSSR count). The number of hydrogen-bond donors (Lipinski definition) is 0. The topological polar surface area (TPSA) is 46.6 Å². The van der Waals surface area contributed by atoms with Crippen molar-refractivity contribution in [2.45, 2.75) is 18.8 Å². The van der Waals surface area contributed by atoms with E-state index in [1.54, 1.807) is 12.1 Å². The minimum absolute atomic E-state index is 0.110. The molecule has 1 aliphatic heterocycles. The van der Waals surface area contributed by atoms with Crippen molar-refractivity contribution in [2.24, 2.45) is 0 Å². The fourth-order valence-corrected chi connectivity index (χ4v) is 3.40. The van der Waals surface area contributed by atoms with Crippen LogP contribution in [-0.2, 0) is 33.2 Å². The van der Waals surface area contributed by atoms with Crippen LogP contribution < -0.4 is 0 Å². The van der Waals surface area contributed by atoms with E-state index in [1.165, 1.54) is 5.06 Å². The van der Waals surface area contributed by atoms with Crippen molar-refractivity contribution in [3.05, 3.63) is 71.3 Å². The molecule has 1 aliphatic rings. The first-order chi connectivity index (χ1) is 9.62. The van der Waals surface area contributed by atoms with E-state index in [4.69, 9.17) is 4.28 Å². The average Bonchev–Trinajstić information content (AvgIpc) is 2.80. The molecule has 0 saturated heterocycles. The summed E-state index contributed by atoms with van der Waals surface area (Å²) in [4.78, 5) is 0. The van der Waals surface area contributed by atoms with Gasteiger partial charge in [-0.1, -0.05) is 54.6 Å². The highest BCUT2D eigenvalue weighted by Crippen LogP contribution is 2.24. The lowest BCUT2D eigenvalue weighted by Gasteiger charge is -2.14. The van der Waals surface area contributed by atoms with Crippen LogP contribution in [0.4, 0.5) is 0 Å². The zero-order valence-corrected chi connectivity index (χ0v) is 11.7. The Labute approximate surface area is 118 Å². The van der Waals surface area contributed by atoms with Crippen LogP contribution in [0.1, 0.15) is 16.7 Å². The highest BCUT2D eigenvalue weighted by molar-refractivity contribution is 7.85. The van der Waals surface area contributed by atoms with Gasteiger partial charge in [0, 0.05) is 0 Å². The Morgan fingerprint density at radius 1 is 0.900 bits per heavy atom. The lowest BCUT2D eigenvalue weighted by atomic mass is 10.1. The molecule has 0 aliphatic carbocycles. The van der Waals surface area contributed by atoms with E-state index in [0.29, 0.717) is 13.1 Å². The minimum atomic E-state index is -3.61. The van der Waals surface area contributed by atoms with E-state index in [1.807, 2.05) is 42.5 Å². The van der Waals surface area contributed by atoms with E-state index >= 15 is 0 Å². The highest BCUT2D eigenvalue weighted by Gasteiger charge is 2.24. The molecular formula is C15H15NO3S. The molecule has 0 amide bonds. The summed E-state index contributed by atoms with van der Waals surface area (Å²) in [5.41, 5.74) is 2.95. The van der Waals surface area contributed by atoms with Gasteiger partial charge in [-0.15, -0.1) is 0 Å². The predicted octanol–water partition coefficient (Wildman–Crippen LogP) is 2.46. The van der Waals surface area contributed by atoms with Crippen LogP contribution in [0, 0.1) is 0 Å². The number of benzene rings is 2. The monoisotopic (exact) mass is 289 g/mol. The fraction of sp³-hybridized carbons (Fsp3) is 0.200. The van der Waals surface area contributed by atoms with E-state index in [-0.39, 0.29) is 5.75 Å². The molecular weight excluding hydrogens is 274 g/mol. The first-order valence-corrected chi connectivity index (χ1v) is 7.98. The Balaban J connectivity index is 1.67. The second-order valence-corrected chi connectivity index (χ2v) is 6.38. The van der Waals surface area contributed by atoms with E-state index in [9.17, 15) is 8.42 Å². The minimum Gasteiger partial charge on any atom is -0.198 e. The molecule has 0 unspecified atom stereocenters. The van der Waals surface area contributed by atoms with Crippen molar-refractivity contribution in [1.29, 1.82) is 0 Å². The number of hydrogen-bond acceptors (Lipinski definition) is 4. The second kappa shape index (κ2) is 5.36. The Morgan fingerprint density at radius 3 is 2.05 bits per heavy atom. The Morgan fingerprint density at radius 2 is 1.45 bits per heavy atom. The van der Waals surface area contributed by atoms with Gasteiger partial charge < -0.3 is 0 Å². The van der Waals surface area contributed by atoms with Gasteiger partial charge in [0.25, 0.3) is 10.1 Å². The van der Waals surface area contributed by atoms with Gasteiger partial charge in [0.05, 0.1) is 13.1 Å². The third-order valence-electron chi connectivity index (χ3n) is 3.22. The number of rotatable bonds is 4. The fourth-order valence-electron chi connectivity index (χ4n) is 2.32. The first kappa shape index (κ1) is 13.3. The summed E-state index contributed by atoms with van der Waals surface area (Å²) in [6.45, 7) is 1.01. The zero-order chi connectivity index (χ0) is 14.0. The van der Waals surface area contributed by atoms with Gasteiger partial charge in [-0.2, -0.15) is 17.8 Å². The molecule has 0 radical (unpaired) electrons. The molecule has 0 spiro atoms. The molecule has 20 heavy (non-hydrogen) atoms. The van der Waals surface area contributed by atoms with Gasteiger partial charge in [0.15, 0.2) is 0 Å². The van der Waals surface area contributed by atoms with Gasteiger partial charge in [0.2, 0.25) is 0 Å². The van der Waals surface area contributed by atoms with Crippen LogP contribution in [0.2, 0.25) is 0 Å². The SMILES string of the molecule is O=S(=O)(Cc1ccccc1)ON1Cc2ccccc2C1. The van der Waals surface area contributed by atoms with Crippen molar-refractivity contribution in [1.82, 2.24) is 5.06 Å². The molecule has 5 heteroatoms. The Bertz CT molecular complexity index is 673. The Hall–Kier alpha value is -1.69. The number of hydroxylamine groups is 2. The van der Waals surface area contributed by atoms with Crippen molar-refractivity contribution in [3.8, 4) is 0 Å². The van der Waals surface area contributed by atoms with Crippen LogP contribution >= 0.6 is 0 Å². The number of nitrogens with zero attached hydrogens (tertiary/aromatic N) is 1. The molecule has 2 aromatic rings. The standard InChI is InChI=1S/C15H15NO3S/c17-20(18,12-13-6-2-1-3-7-13)19-16-10-14-8-4-5-9-15(14)11-16/h1-9H,10-12H2. The van der Waals surface area contributed by atoms with Crippen molar-refractivity contribution < 1.29 is 12.7 Å². The zero-order valence-electron chi connectivity index (χ0n) is 10.9. The summed E-state index contributed by atoms with van der Waals surface area (Å²) >= 11 is 0. The van der Waals surface area contributed by atoms with Crippen molar-refractivity contribution >= 4 is 10.1 Å². The molecule has 4 nitrogen and oxygen atoms in total. The van der Waals surface area contributed by atoms with Crippen LogP contribution in [0.25, 0.3) is 0 Å². The molecule has 0 saturated carbocycles. The summed E-state index contributed by atoms with van der Waals surface area (Å²) in [6.07, 6.45) is 0. The quantitative estimate of drug-likeness (QED) is 0.867. The molecule has 0 atom stereocenters. The van der Waals surface area contributed by atoms with E-state index in [2.05, 4.69) is 0 Å². The van der Waals surface area contributed by atoms with E-state index in [0.717, 1.165) is 16.7 Å². The summed E-state index contributed by atoms with van der Waals surface area (Å²) < 4.78 is 29.3. The average molecular weight is 289 g/mol. The molecule has 0 fully saturated rings. The highest BCUT2D eigenvalue weighted by atomic mass is 32.2. The third kappa shape index (κ3) is 3.07. The van der Waals surface area contributed by atoms with Crippen LogP contribution in [0.5, 0.6) is 0 Å². The molecule has 0 N–H and O–H groups in total. The molecule has 0 aromatic heterocycles. The lowest BCUT2D eigenvalue weighted by molar-refractivity contribution is -0.0573. The second-order valence-electron chi connectivity index (χ2n) is 4.83. The third-order valence-corrected chi connectivity index (χ3v) is 4.34. The van der Waals surface area contributed by atoms with Gasteiger partial charge in [-0.25, -0.2) is 0 Å². The van der Waals surface area contributed by atoms with Gasteiger partial charge in [-0.3, -0.25) is 0 Å². The van der Waals surface area contributed by atoms with Crippen LogP contribution in [-0.4, -0.2) is 13.5 Å². The molecule has 2 aromatic carbocycles. The van der Waals surface area contributed by atoms with Crippen LogP contribution in [0.3, 0.4) is 0 Å². The first-order valence-electron chi connectivity index (χ1n) is 6.40. The molecule has 0 bridgehead atoms. The molecule has 104 valence electrons. The summed E-state index contributed by atoms with van der Waals surface area (Å²) in [5, 5.41) is 1.49. The lowest BCUT2D eigenvalue weighted by Crippen LogP contribution is -2.23. The van der Waals surface area contributed by atoms with Gasteiger partial charge >= 0.3 is 0 Å². The van der Waals surface area contributed by atoms with Crippen molar-refractivity contribution in [2.75, 3.05) is 0 Å². The maximum Gasteiger partial charge on any atom is 0.287 e. The number of fused-ring (bicyclic) bond motifs is 1. The maximum atomic E-state index is 12.0. The summed E-state index contributed by atoms with van der Waals surface area (Å²) in [5.74, 6) is -0.110. The van der Waals surface area contributed by atoms with Crippen LogP contribution in [0.15, 0.2) is 54.6 Å². The molecule has 1 heterocycles. The van der Waals surface area contributed by atoms with Gasteiger partial charge in [0.1, 0.15) is 5.75 Å². The Kier molecular flexibility index (Phi) is 3.56. The normalized spacial score (nSPS) is 15.2. The maximum absolute atomic E-state index is 12.0. The largest absolute Gasteiger partial charge is 0.287 e. The van der Waals surface area contributed by atoms with Crippen molar-refractivity contribution in [3.63, 3.8) is 0 Å². The smallest absolute Gasteiger partial charge is 0.198 e. The predicted molar refractivity (Wildman–Crippen MR) is 75.8 cm³/mol. The summed E-state index contributed by atoms with van der Waals surface area (Å²) in [7, 11) is -3.61.